The lowest BCUT2D eigenvalue weighted by atomic mass is 10.3. The van der Waals surface area contributed by atoms with E-state index in [9.17, 15) is 8.42 Å². The van der Waals surface area contributed by atoms with Gasteiger partial charge in [0.2, 0.25) is 9.47 Å². The van der Waals surface area contributed by atoms with Crippen molar-refractivity contribution < 1.29 is 8.42 Å². The number of rotatable bonds is 4. The summed E-state index contributed by atoms with van der Waals surface area (Å²) in [5.74, 6) is 0. The Morgan fingerprint density at radius 2 is 1.94 bits per heavy atom. The number of sulfonamides is 1. The van der Waals surface area contributed by atoms with Crippen molar-refractivity contribution in [3.8, 4) is 0 Å². The second-order valence-electron chi connectivity index (χ2n) is 4.15. The normalized spacial score (nSPS) is 19.2. The Labute approximate surface area is 111 Å². The number of piperazine rings is 1. The second-order valence-corrected chi connectivity index (χ2v) is 7.27. The maximum Gasteiger partial charge on any atom is 0.272 e. The summed E-state index contributed by atoms with van der Waals surface area (Å²) >= 11 is 0.912. The van der Waals surface area contributed by atoms with Crippen LogP contribution < -0.4 is 5.73 Å². The summed E-state index contributed by atoms with van der Waals surface area (Å²) < 4.78 is 25.9. The van der Waals surface area contributed by atoms with Crippen LogP contribution in [0.5, 0.6) is 0 Å². The summed E-state index contributed by atoms with van der Waals surface area (Å²) in [5, 5.41) is 7.35. The van der Waals surface area contributed by atoms with Gasteiger partial charge in [-0.2, -0.15) is 4.31 Å². The van der Waals surface area contributed by atoms with Crippen molar-refractivity contribution in [2.24, 2.45) is 0 Å². The summed E-state index contributed by atoms with van der Waals surface area (Å²) in [5.41, 5.74) is 5.42. The highest BCUT2D eigenvalue weighted by molar-refractivity contribution is 7.91. The molecule has 7 nitrogen and oxygen atoms in total. The van der Waals surface area contributed by atoms with Gasteiger partial charge in [0.05, 0.1) is 0 Å². The fourth-order valence-electron chi connectivity index (χ4n) is 1.94. The van der Waals surface area contributed by atoms with Crippen LogP contribution in [0.15, 0.2) is 4.34 Å². The first-order valence-electron chi connectivity index (χ1n) is 5.85. The molecule has 1 aromatic rings. The van der Waals surface area contributed by atoms with Gasteiger partial charge in [-0.05, 0) is 13.0 Å². The minimum Gasteiger partial charge on any atom is -0.374 e. The number of anilines is 1. The van der Waals surface area contributed by atoms with E-state index in [1.807, 2.05) is 0 Å². The summed E-state index contributed by atoms with van der Waals surface area (Å²) in [4.78, 5) is 2.26. The Hall–Kier alpha value is -0.770. The molecule has 0 bridgehead atoms. The Morgan fingerprint density at radius 3 is 2.44 bits per heavy atom. The molecule has 18 heavy (non-hydrogen) atoms. The molecule has 0 atom stereocenters. The largest absolute Gasteiger partial charge is 0.374 e. The van der Waals surface area contributed by atoms with Crippen LogP contribution in [0.2, 0.25) is 0 Å². The van der Waals surface area contributed by atoms with E-state index < -0.39 is 10.0 Å². The molecule has 0 saturated carbocycles. The van der Waals surface area contributed by atoms with E-state index >= 15 is 0 Å². The Morgan fingerprint density at radius 1 is 1.28 bits per heavy atom. The van der Waals surface area contributed by atoms with E-state index in [0.29, 0.717) is 13.1 Å². The van der Waals surface area contributed by atoms with Crippen molar-refractivity contribution >= 4 is 26.5 Å². The van der Waals surface area contributed by atoms with E-state index in [1.165, 1.54) is 4.31 Å². The molecular formula is C9H17N5O2S2. The number of hydrogen-bond acceptors (Lipinski definition) is 7. The number of nitrogens with two attached hydrogens (primary N) is 1. The van der Waals surface area contributed by atoms with E-state index in [4.69, 9.17) is 5.73 Å². The van der Waals surface area contributed by atoms with Gasteiger partial charge in [-0.25, -0.2) is 8.42 Å². The number of hydrogen-bond donors (Lipinski definition) is 1. The Balaban J connectivity index is 2.05. The highest BCUT2D eigenvalue weighted by Gasteiger charge is 2.31. The van der Waals surface area contributed by atoms with Gasteiger partial charge >= 0.3 is 0 Å². The van der Waals surface area contributed by atoms with Gasteiger partial charge in [0, 0.05) is 26.2 Å². The van der Waals surface area contributed by atoms with Crippen molar-refractivity contribution in [2.75, 3.05) is 38.5 Å². The molecule has 1 aliphatic rings. The topological polar surface area (TPSA) is 92.4 Å². The first-order valence-corrected chi connectivity index (χ1v) is 8.11. The maximum absolute atomic E-state index is 12.2. The molecule has 9 heteroatoms. The third-order valence-electron chi connectivity index (χ3n) is 2.85. The minimum absolute atomic E-state index is 0.0102. The minimum atomic E-state index is -3.51. The van der Waals surface area contributed by atoms with Gasteiger partial charge in [0.25, 0.3) is 10.0 Å². The van der Waals surface area contributed by atoms with E-state index in [1.54, 1.807) is 0 Å². The predicted molar refractivity (Wildman–Crippen MR) is 69.8 cm³/mol. The summed E-state index contributed by atoms with van der Waals surface area (Å²) in [6.45, 7) is 5.67. The van der Waals surface area contributed by atoms with Crippen LogP contribution >= 0.6 is 11.3 Å². The number of aromatic nitrogens is 2. The molecule has 1 fully saturated rings. The third kappa shape index (κ3) is 2.79. The first-order chi connectivity index (χ1) is 8.54. The van der Waals surface area contributed by atoms with Crippen LogP contribution in [0.1, 0.15) is 13.3 Å². The van der Waals surface area contributed by atoms with Crippen LogP contribution in [-0.4, -0.2) is 60.5 Å². The van der Waals surface area contributed by atoms with E-state index in [0.717, 1.165) is 37.4 Å². The quantitative estimate of drug-likeness (QED) is 0.828. The average Bonchev–Trinajstić information content (AvgIpc) is 2.78. The van der Waals surface area contributed by atoms with Crippen molar-refractivity contribution in [3.05, 3.63) is 0 Å². The molecule has 2 rings (SSSR count). The van der Waals surface area contributed by atoms with Gasteiger partial charge in [-0.3, -0.25) is 0 Å². The average molecular weight is 291 g/mol. The van der Waals surface area contributed by atoms with Crippen LogP contribution in [0.3, 0.4) is 0 Å². The monoisotopic (exact) mass is 291 g/mol. The molecule has 2 heterocycles. The predicted octanol–water partition coefficient (Wildman–Crippen LogP) is -0.163. The molecule has 0 aromatic carbocycles. The Bertz CT molecular complexity index is 493. The third-order valence-corrected chi connectivity index (χ3v) is 5.85. The molecule has 2 N–H and O–H groups in total. The van der Waals surface area contributed by atoms with Gasteiger partial charge in [0.1, 0.15) is 0 Å². The molecular weight excluding hydrogens is 274 g/mol. The highest BCUT2D eigenvalue weighted by Crippen LogP contribution is 2.22. The molecule has 102 valence electrons. The summed E-state index contributed by atoms with van der Waals surface area (Å²) in [6, 6.07) is 0. The standard InChI is InChI=1S/C9H17N5O2S2/c1-2-3-13-4-6-14(7-5-13)18(15,16)9-12-11-8(10)17-9/h2-7H2,1H3,(H2,10,11). The SMILES string of the molecule is CCCN1CCN(S(=O)(=O)c2nnc(N)s2)CC1. The lowest BCUT2D eigenvalue weighted by Gasteiger charge is -2.33. The van der Waals surface area contributed by atoms with Crippen molar-refractivity contribution in [2.45, 2.75) is 17.7 Å². The molecule has 0 aliphatic carbocycles. The first kappa shape index (κ1) is 13.7. The van der Waals surface area contributed by atoms with E-state index in [2.05, 4.69) is 22.0 Å². The smallest absolute Gasteiger partial charge is 0.272 e. The zero-order valence-electron chi connectivity index (χ0n) is 10.2. The van der Waals surface area contributed by atoms with Crippen LogP contribution in [-0.2, 0) is 10.0 Å². The maximum atomic E-state index is 12.2. The number of nitrogen functional groups attached to an aromatic ring is 1. The van der Waals surface area contributed by atoms with E-state index in [-0.39, 0.29) is 9.47 Å². The van der Waals surface area contributed by atoms with Crippen LogP contribution in [0.25, 0.3) is 0 Å². The lowest BCUT2D eigenvalue weighted by molar-refractivity contribution is 0.188. The van der Waals surface area contributed by atoms with Crippen LogP contribution in [0.4, 0.5) is 5.13 Å². The molecule has 0 amide bonds. The summed E-state index contributed by atoms with van der Waals surface area (Å²) in [6.07, 6.45) is 1.08. The molecule has 1 aliphatic heterocycles. The zero-order chi connectivity index (χ0) is 13.2. The molecule has 0 spiro atoms. The number of nitrogens with zero attached hydrogens (tertiary/aromatic N) is 4. The van der Waals surface area contributed by atoms with Crippen molar-refractivity contribution in [3.63, 3.8) is 0 Å². The molecule has 1 aromatic heterocycles. The van der Waals surface area contributed by atoms with Gasteiger partial charge < -0.3 is 10.6 Å². The van der Waals surface area contributed by atoms with Gasteiger partial charge in [-0.15, -0.1) is 10.2 Å². The van der Waals surface area contributed by atoms with Crippen LogP contribution in [0, 0.1) is 0 Å². The second kappa shape index (κ2) is 5.47. The fraction of sp³-hybridized carbons (Fsp3) is 0.778. The van der Waals surface area contributed by atoms with Gasteiger partial charge in [0.15, 0.2) is 0 Å². The fourth-order valence-corrected chi connectivity index (χ4v) is 4.29. The van der Waals surface area contributed by atoms with Crippen molar-refractivity contribution in [1.82, 2.24) is 19.4 Å². The molecule has 0 unspecified atom stereocenters. The lowest BCUT2D eigenvalue weighted by Crippen LogP contribution is -2.48. The molecule has 0 radical (unpaired) electrons. The summed E-state index contributed by atoms with van der Waals surface area (Å²) in [7, 11) is -3.51. The zero-order valence-corrected chi connectivity index (χ0v) is 11.9. The molecule has 1 saturated heterocycles. The Kier molecular flexibility index (Phi) is 4.15. The van der Waals surface area contributed by atoms with Gasteiger partial charge in [-0.1, -0.05) is 18.3 Å². The highest BCUT2D eigenvalue weighted by atomic mass is 32.2. The van der Waals surface area contributed by atoms with Crippen molar-refractivity contribution in [1.29, 1.82) is 0 Å².